The molecule has 27 nitrogen and oxygen atoms in total. The van der Waals surface area contributed by atoms with Crippen molar-refractivity contribution in [3.8, 4) is 5.75 Å². The minimum atomic E-state index is -1.81. The molecule has 0 aliphatic carbocycles. The van der Waals surface area contributed by atoms with E-state index in [1.807, 2.05) is 0 Å². The lowest BCUT2D eigenvalue weighted by molar-refractivity contribution is -0.142. The number of hydrogen-bond donors (Lipinski definition) is 14. The number of guanidine groups is 1. The van der Waals surface area contributed by atoms with Gasteiger partial charge in [-0.2, -0.15) is 0 Å². The predicted octanol–water partition coefficient (Wildman–Crippen LogP) is -5.55. The van der Waals surface area contributed by atoms with Crippen molar-refractivity contribution in [1.82, 2.24) is 42.1 Å². The Kier molecular flexibility index (Phi) is 24.9. The summed E-state index contributed by atoms with van der Waals surface area (Å²) in [5.74, 6) is -10.9. The van der Waals surface area contributed by atoms with Crippen LogP contribution >= 0.6 is 21.6 Å². The van der Waals surface area contributed by atoms with Crippen molar-refractivity contribution >= 4 is 92.5 Å². The Morgan fingerprint density at radius 1 is 0.703 bits per heavy atom. The van der Waals surface area contributed by atoms with Gasteiger partial charge >= 0.3 is 0 Å². The third-order valence-corrected chi connectivity index (χ3v) is 13.6. The lowest BCUT2D eigenvalue weighted by atomic mass is 10.0. The summed E-state index contributed by atoms with van der Waals surface area (Å²) in [6.07, 6.45) is -1.88. The van der Waals surface area contributed by atoms with Crippen LogP contribution in [0.3, 0.4) is 0 Å². The van der Waals surface area contributed by atoms with Crippen LogP contribution in [-0.4, -0.2) is 161 Å². The lowest BCUT2D eigenvalue weighted by Crippen LogP contribution is -2.61. The molecule has 2 aromatic carbocycles. The van der Waals surface area contributed by atoms with Crippen LogP contribution in [0.15, 0.2) is 59.6 Å². The average molecular weight is 1070 g/mol. The zero-order valence-corrected chi connectivity index (χ0v) is 42.3. The normalized spacial score (nSPS) is 21.0. The molecule has 0 bridgehead atoms. The van der Waals surface area contributed by atoms with Crippen LogP contribution < -0.4 is 71.6 Å². The molecule has 0 saturated carbocycles. The molecule has 1 aliphatic rings. The number of nitrogens with zero attached hydrogens (tertiary/aromatic N) is 2. The average Bonchev–Trinajstić information content (AvgIpc) is 3.34. The van der Waals surface area contributed by atoms with E-state index in [0.29, 0.717) is 11.1 Å². The SMILES string of the molecule is C[C@@H](C(=O)N[C@@H](CCCN=C(N)N)C(=O)NCC(N)=O)N(C)C(=O)[C@@H]1CSSC[C@@H](N)C(=O)N[C@H](Cc2ccc(O)cc2)C(=O)N[C@@H](Cc2ccccc2)C(=O)N[C@H](CCC(N)=O)C(=O)N[C@@H](CC(N)=O)C(=O)N1. The number of primary amides is 3. The summed E-state index contributed by atoms with van der Waals surface area (Å²) in [4.78, 5) is 152. The molecule has 2 aromatic rings. The van der Waals surface area contributed by atoms with Gasteiger partial charge in [-0.15, -0.1) is 0 Å². The first kappa shape index (κ1) is 60.6. The maximum atomic E-state index is 14.3. The molecular formula is C45H65N15O12S2. The molecule has 8 atom stereocenters. The largest absolute Gasteiger partial charge is 0.508 e. The molecule has 1 saturated heterocycles. The Bertz CT molecular complexity index is 2360. The van der Waals surface area contributed by atoms with Crippen molar-refractivity contribution in [1.29, 1.82) is 0 Å². The van der Waals surface area contributed by atoms with Gasteiger partial charge in [0, 0.05) is 44.4 Å². The first-order valence-electron chi connectivity index (χ1n) is 23.0. The van der Waals surface area contributed by atoms with Gasteiger partial charge in [0.1, 0.15) is 48.0 Å². The van der Waals surface area contributed by atoms with E-state index in [4.69, 9.17) is 34.4 Å². The fourth-order valence-electron chi connectivity index (χ4n) is 6.93. The number of hydrogen-bond acceptors (Lipinski definition) is 16. The molecule has 11 amide bonds. The Labute approximate surface area is 433 Å². The van der Waals surface area contributed by atoms with Crippen molar-refractivity contribution in [3.63, 3.8) is 0 Å². The molecule has 0 spiro atoms. The van der Waals surface area contributed by atoms with Crippen LogP contribution in [0.5, 0.6) is 5.75 Å². The first-order chi connectivity index (χ1) is 34.9. The number of carbonyl (C=O) groups excluding carboxylic acids is 11. The number of amides is 11. The number of nitrogens with one attached hydrogen (secondary N) is 7. The van der Waals surface area contributed by atoms with Gasteiger partial charge in [0.15, 0.2) is 5.96 Å². The third-order valence-electron chi connectivity index (χ3n) is 11.1. The molecule has 0 aromatic heterocycles. The highest BCUT2D eigenvalue weighted by Crippen LogP contribution is 2.24. The highest BCUT2D eigenvalue weighted by molar-refractivity contribution is 8.76. The molecule has 1 heterocycles. The number of nitrogens with two attached hydrogens (primary N) is 6. The molecule has 74 heavy (non-hydrogen) atoms. The Hall–Kier alpha value is -7.66. The summed E-state index contributed by atoms with van der Waals surface area (Å²) in [5, 5.41) is 27.4. The minimum Gasteiger partial charge on any atom is -0.508 e. The maximum Gasteiger partial charge on any atom is 0.246 e. The molecular weight excluding hydrogens is 1010 g/mol. The van der Waals surface area contributed by atoms with Crippen LogP contribution in [0, 0.1) is 0 Å². The van der Waals surface area contributed by atoms with Gasteiger partial charge in [0.2, 0.25) is 65.0 Å². The number of aromatic hydroxyl groups is 1. The van der Waals surface area contributed by atoms with Gasteiger partial charge < -0.3 is 81.6 Å². The summed E-state index contributed by atoms with van der Waals surface area (Å²) in [6, 6.07) is 2.47. The number of rotatable bonds is 20. The van der Waals surface area contributed by atoms with Crippen molar-refractivity contribution < 1.29 is 57.8 Å². The summed E-state index contributed by atoms with van der Waals surface area (Å²) in [7, 11) is 3.16. The second kappa shape index (κ2) is 30.4. The Morgan fingerprint density at radius 3 is 1.82 bits per heavy atom. The summed E-state index contributed by atoms with van der Waals surface area (Å²) >= 11 is 0. The van der Waals surface area contributed by atoms with Gasteiger partial charge in [-0.3, -0.25) is 57.7 Å². The zero-order valence-electron chi connectivity index (χ0n) is 40.7. The van der Waals surface area contributed by atoms with Gasteiger partial charge in [0.25, 0.3) is 0 Å². The van der Waals surface area contributed by atoms with E-state index >= 15 is 0 Å². The summed E-state index contributed by atoms with van der Waals surface area (Å²) in [5.41, 5.74) is 34.2. The maximum absolute atomic E-state index is 14.3. The third kappa shape index (κ3) is 21.2. The molecule has 404 valence electrons. The Morgan fingerprint density at radius 2 is 1.24 bits per heavy atom. The topological polar surface area (TPSA) is 464 Å². The highest BCUT2D eigenvalue weighted by atomic mass is 33.1. The number of benzene rings is 2. The molecule has 29 heteroatoms. The van der Waals surface area contributed by atoms with Crippen molar-refractivity contribution in [2.24, 2.45) is 39.4 Å². The molecule has 0 unspecified atom stereocenters. The molecule has 20 N–H and O–H groups in total. The smallest absolute Gasteiger partial charge is 0.246 e. The van der Waals surface area contributed by atoms with Crippen LogP contribution in [0.25, 0.3) is 0 Å². The monoisotopic (exact) mass is 1070 g/mol. The van der Waals surface area contributed by atoms with Crippen molar-refractivity contribution in [3.05, 3.63) is 65.7 Å². The van der Waals surface area contributed by atoms with Gasteiger partial charge in [-0.25, -0.2) is 0 Å². The van der Waals surface area contributed by atoms with E-state index in [-0.39, 0.29) is 55.4 Å². The highest BCUT2D eigenvalue weighted by Gasteiger charge is 2.36. The standard InChI is InChI=1S/C45H65N15O12S2/c1-23(37(65)54-28(9-6-16-52-45(50)51)39(67)53-20-36(49)64)60(2)44(72)33-22-74-73-21-27(46)38(66)56-30(18-25-10-12-26(61)13-11-25)42(70)57-31(17-24-7-4-3-5-8-24)41(69)55-29(14-15-34(47)62)40(68)58-32(19-35(48)63)43(71)59-33/h3-5,7-8,10-13,23,27-33,61H,6,9,14-22,46H2,1-2H3,(H2,47,62)(H2,48,63)(H2,49,64)(H,53,67)(H,54,65)(H,55,69)(H,56,66)(H,57,70)(H,58,68)(H,59,71)(H4,50,51,52)/t23-,27+,28-,29+,30+,31-,32-,33-/m0/s1. The molecule has 0 radical (unpaired) electrons. The number of phenolic OH excluding ortho intramolecular Hbond substituents is 1. The van der Waals surface area contributed by atoms with Crippen LogP contribution in [0.4, 0.5) is 0 Å². The van der Waals surface area contributed by atoms with Crippen LogP contribution in [0.1, 0.15) is 50.2 Å². The van der Waals surface area contributed by atoms with Gasteiger partial charge in [-0.1, -0.05) is 64.1 Å². The van der Waals surface area contributed by atoms with E-state index in [1.54, 1.807) is 30.3 Å². The lowest BCUT2D eigenvalue weighted by Gasteiger charge is -2.31. The minimum absolute atomic E-state index is 0.0230. The summed E-state index contributed by atoms with van der Waals surface area (Å²) in [6.45, 7) is 0.841. The number of aliphatic imine (C=N–C) groups is 1. The number of carbonyl (C=O) groups is 11. The van der Waals surface area contributed by atoms with Crippen LogP contribution in [0.2, 0.25) is 0 Å². The van der Waals surface area contributed by atoms with Crippen molar-refractivity contribution in [2.75, 3.05) is 31.6 Å². The second-order valence-corrected chi connectivity index (χ2v) is 19.6. The molecule has 3 rings (SSSR count). The van der Waals surface area contributed by atoms with Gasteiger partial charge in [0.05, 0.1) is 19.0 Å². The van der Waals surface area contributed by atoms with E-state index in [2.05, 4.69) is 42.2 Å². The zero-order chi connectivity index (χ0) is 55.1. The van der Waals surface area contributed by atoms with E-state index < -0.39 is 139 Å². The summed E-state index contributed by atoms with van der Waals surface area (Å²) < 4.78 is 0. The molecule has 1 fully saturated rings. The fourth-order valence-corrected chi connectivity index (χ4v) is 9.21. The van der Waals surface area contributed by atoms with E-state index in [9.17, 15) is 57.8 Å². The predicted molar refractivity (Wildman–Crippen MR) is 273 cm³/mol. The number of phenols is 1. The molecule has 1 aliphatic heterocycles. The Balaban J connectivity index is 2.05. The van der Waals surface area contributed by atoms with Crippen LogP contribution in [-0.2, 0) is 65.6 Å². The van der Waals surface area contributed by atoms with Gasteiger partial charge in [-0.05, 0) is 49.4 Å². The first-order valence-corrected chi connectivity index (χ1v) is 25.5. The number of likely N-dealkylation sites (N-methyl/N-ethyl adjacent to an activating group) is 1. The van der Waals surface area contributed by atoms with E-state index in [0.717, 1.165) is 26.5 Å². The van der Waals surface area contributed by atoms with Crippen molar-refractivity contribution in [2.45, 2.75) is 100 Å². The fraction of sp³-hybridized carbons (Fsp3) is 0.467. The second-order valence-electron chi connectivity index (χ2n) is 17.0. The van der Waals surface area contributed by atoms with E-state index in [1.165, 1.54) is 38.2 Å². The quantitative estimate of drug-likeness (QED) is 0.0254.